The highest BCUT2D eigenvalue weighted by atomic mass is 19.4. The van der Waals surface area contributed by atoms with Crippen molar-refractivity contribution < 1.29 is 26.9 Å². The minimum absolute atomic E-state index is 0.0712. The fourth-order valence-corrected chi connectivity index (χ4v) is 2.44. The zero-order chi connectivity index (χ0) is 16.8. The van der Waals surface area contributed by atoms with Crippen LogP contribution in [0.25, 0.3) is 11.1 Å². The number of alkyl halides is 3. The molecule has 2 heterocycles. The molecule has 1 saturated heterocycles. The molecule has 0 aliphatic carbocycles. The van der Waals surface area contributed by atoms with Gasteiger partial charge in [-0.3, -0.25) is 4.57 Å². The Bertz CT molecular complexity index is 770. The van der Waals surface area contributed by atoms with Crippen LogP contribution in [0, 0.1) is 5.41 Å². The molecule has 5 nitrogen and oxygen atoms in total. The van der Waals surface area contributed by atoms with Gasteiger partial charge in [-0.25, -0.2) is 4.79 Å². The van der Waals surface area contributed by atoms with Gasteiger partial charge >= 0.3 is 19.1 Å². The van der Waals surface area contributed by atoms with Crippen LogP contribution in [0.1, 0.15) is 13.8 Å². The molecule has 0 N–H and O–H groups in total. The van der Waals surface area contributed by atoms with E-state index < -0.39 is 25.6 Å². The second-order valence-corrected chi connectivity index (χ2v) is 6.41. The Morgan fingerprint density at radius 1 is 1.26 bits per heavy atom. The van der Waals surface area contributed by atoms with Gasteiger partial charge in [-0.2, -0.15) is 13.2 Å². The van der Waals surface area contributed by atoms with Crippen molar-refractivity contribution in [2.45, 2.75) is 26.6 Å². The molecule has 124 valence electrons. The summed E-state index contributed by atoms with van der Waals surface area (Å²) in [4.78, 5) is 11.6. The molecule has 1 aliphatic heterocycles. The van der Waals surface area contributed by atoms with Crippen molar-refractivity contribution in [1.29, 1.82) is 0 Å². The highest BCUT2D eigenvalue weighted by Crippen LogP contribution is 2.23. The molecule has 1 fully saturated rings. The van der Waals surface area contributed by atoms with E-state index in [0.29, 0.717) is 23.2 Å². The van der Waals surface area contributed by atoms with Crippen molar-refractivity contribution in [2.75, 3.05) is 13.2 Å². The number of halogens is 3. The maximum atomic E-state index is 12.6. The van der Waals surface area contributed by atoms with Crippen LogP contribution >= 0.6 is 0 Å². The first-order valence-corrected chi connectivity index (χ1v) is 7.08. The lowest BCUT2D eigenvalue weighted by Crippen LogP contribution is -2.47. The Kier molecular flexibility index (Phi) is 3.80. The van der Waals surface area contributed by atoms with Crippen LogP contribution in [0.5, 0.6) is 0 Å². The largest absolute Gasteiger partial charge is 0.493 e. The standard InChI is InChI=1S/C14H15BF3NO4/c1-13(2)7-21-15(22-8-13)9-3-4-11-10(5-9)19(12(20)23-11)6-14(16,17)18/h3-5H,6-8H2,1-2H3. The summed E-state index contributed by atoms with van der Waals surface area (Å²) in [5, 5.41) is 0. The van der Waals surface area contributed by atoms with Gasteiger partial charge in [-0.15, -0.1) is 0 Å². The molecule has 0 radical (unpaired) electrons. The van der Waals surface area contributed by atoms with Crippen molar-refractivity contribution in [3.8, 4) is 0 Å². The molecule has 0 atom stereocenters. The maximum absolute atomic E-state index is 12.6. The van der Waals surface area contributed by atoms with Gasteiger partial charge in [-0.1, -0.05) is 19.9 Å². The molecule has 0 saturated carbocycles. The van der Waals surface area contributed by atoms with Crippen LogP contribution in [0.2, 0.25) is 0 Å². The minimum atomic E-state index is -4.52. The maximum Gasteiger partial charge on any atom is 0.493 e. The number of nitrogens with zero attached hydrogens (tertiary/aromatic N) is 1. The van der Waals surface area contributed by atoms with Gasteiger partial charge in [-0.05, 0) is 17.6 Å². The monoisotopic (exact) mass is 329 g/mol. The third-order valence-electron chi connectivity index (χ3n) is 3.55. The van der Waals surface area contributed by atoms with Crippen LogP contribution in [0.4, 0.5) is 13.2 Å². The number of hydrogen-bond acceptors (Lipinski definition) is 4. The topological polar surface area (TPSA) is 53.6 Å². The lowest BCUT2D eigenvalue weighted by atomic mass is 9.76. The average molecular weight is 329 g/mol. The summed E-state index contributed by atoms with van der Waals surface area (Å²) in [5.41, 5.74) is 0.597. The van der Waals surface area contributed by atoms with Crippen molar-refractivity contribution in [1.82, 2.24) is 4.57 Å². The zero-order valence-corrected chi connectivity index (χ0v) is 12.6. The van der Waals surface area contributed by atoms with E-state index in [4.69, 9.17) is 13.7 Å². The Balaban J connectivity index is 1.95. The molecule has 23 heavy (non-hydrogen) atoms. The Labute approximate surface area is 130 Å². The highest BCUT2D eigenvalue weighted by molar-refractivity contribution is 6.61. The van der Waals surface area contributed by atoms with Gasteiger partial charge in [0.1, 0.15) is 6.54 Å². The molecule has 1 aromatic heterocycles. The van der Waals surface area contributed by atoms with Gasteiger partial charge in [0.15, 0.2) is 5.58 Å². The smallest absolute Gasteiger partial charge is 0.408 e. The summed E-state index contributed by atoms with van der Waals surface area (Å²) in [6, 6.07) is 4.51. The SMILES string of the molecule is CC1(C)COB(c2ccc3oc(=O)n(CC(F)(F)F)c3c2)OC1. The molecular formula is C14H15BF3NO4. The van der Waals surface area contributed by atoms with E-state index in [2.05, 4.69) is 0 Å². The highest BCUT2D eigenvalue weighted by Gasteiger charge is 2.34. The summed E-state index contributed by atoms with van der Waals surface area (Å²) >= 11 is 0. The van der Waals surface area contributed by atoms with Crippen molar-refractivity contribution >= 4 is 23.7 Å². The number of fused-ring (bicyclic) bond motifs is 1. The number of oxazole rings is 1. The van der Waals surface area contributed by atoms with Gasteiger partial charge in [0.2, 0.25) is 0 Å². The summed E-state index contributed by atoms with van der Waals surface area (Å²) in [6.45, 7) is 3.52. The lowest BCUT2D eigenvalue weighted by Gasteiger charge is -2.33. The third-order valence-corrected chi connectivity index (χ3v) is 3.55. The van der Waals surface area contributed by atoms with E-state index in [0.717, 1.165) is 0 Å². The molecule has 9 heteroatoms. The minimum Gasteiger partial charge on any atom is -0.408 e. The number of aromatic nitrogens is 1. The fraction of sp³-hybridized carbons (Fsp3) is 0.500. The van der Waals surface area contributed by atoms with E-state index in [1.807, 2.05) is 13.8 Å². The first-order valence-electron chi connectivity index (χ1n) is 7.08. The summed E-state index contributed by atoms with van der Waals surface area (Å²) in [5.74, 6) is -1.04. The molecule has 1 aromatic carbocycles. The summed E-state index contributed by atoms with van der Waals surface area (Å²) in [6.07, 6.45) is -4.52. The molecule has 0 spiro atoms. The van der Waals surface area contributed by atoms with E-state index in [9.17, 15) is 18.0 Å². The quantitative estimate of drug-likeness (QED) is 0.790. The van der Waals surface area contributed by atoms with E-state index in [1.54, 1.807) is 6.07 Å². The van der Waals surface area contributed by atoms with E-state index in [1.165, 1.54) is 12.1 Å². The fourth-order valence-electron chi connectivity index (χ4n) is 2.44. The normalized spacial score (nSPS) is 18.6. The number of hydrogen-bond donors (Lipinski definition) is 0. The molecule has 0 amide bonds. The van der Waals surface area contributed by atoms with Crippen LogP contribution < -0.4 is 11.2 Å². The predicted molar refractivity (Wildman–Crippen MR) is 77.6 cm³/mol. The van der Waals surface area contributed by atoms with E-state index in [-0.39, 0.29) is 16.5 Å². The summed E-state index contributed by atoms with van der Waals surface area (Å²) < 4.78 is 54.5. The van der Waals surface area contributed by atoms with Crippen molar-refractivity contribution in [3.05, 3.63) is 28.7 Å². The number of benzene rings is 1. The van der Waals surface area contributed by atoms with Gasteiger partial charge < -0.3 is 13.7 Å². The summed E-state index contributed by atoms with van der Waals surface area (Å²) in [7, 11) is -0.670. The Hall–Kier alpha value is -1.74. The van der Waals surface area contributed by atoms with Gasteiger partial charge in [0.05, 0.1) is 5.52 Å². The Morgan fingerprint density at radius 2 is 1.91 bits per heavy atom. The van der Waals surface area contributed by atoms with Gasteiger partial charge in [0, 0.05) is 18.6 Å². The Morgan fingerprint density at radius 3 is 2.52 bits per heavy atom. The third kappa shape index (κ3) is 3.45. The average Bonchev–Trinajstić information content (AvgIpc) is 2.73. The van der Waals surface area contributed by atoms with Crippen LogP contribution in [-0.4, -0.2) is 31.1 Å². The zero-order valence-electron chi connectivity index (χ0n) is 12.6. The molecule has 3 rings (SSSR count). The van der Waals surface area contributed by atoms with Crippen LogP contribution in [-0.2, 0) is 15.9 Å². The van der Waals surface area contributed by atoms with Crippen LogP contribution in [0.3, 0.4) is 0 Å². The molecule has 2 aromatic rings. The van der Waals surface area contributed by atoms with Crippen molar-refractivity contribution in [2.24, 2.45) is 5.41 Å². The molecule has 0 bridgehead atoms. The van der Waals surface area contributed by atoms with E-state index >= 15 is 0 Å². The first-order chi connectivity index (χ1) is 10.6. The second kappa shape index (κ2) is 5.42. The number of rotatable bonds is 2. The molecular weight excluding hydrogens is 314 g/mol. The molecule has 1 aliphatic rings. The van der Waals surface area contributed by atoms with Gasteiger partial charge in [0.25, 0.3) is 0 Å². The second-order valence-electron chi connectivity index (χ2n) is 6.41. The molecule has 0 unspecified atom stereocenters. The first kappa shape index (κ1) is 16.1. The predicted octanol–water partition coefficient (Wildman–Crippen LogP) is 1.92. The lowest BCUT2D eigenvalue weighted by molar-refractivity contribution is -0.140. The van der Waals surface area contributed by atoms with Crippen LogP contribution in [0.15, 0.2) is 27.4 Å². The van der Waals surface area contributed by atoms with Crippen molar-refractivity contribution in [3.63, 3.8) is 0 Å².